The van der Waals surface area contributed by atoms with E-state index < -0.39 is 0 Å². The average Bonchev–Trinajstić information content (AvgIpc) is 2.27. The number of nitrogens with one attached hydrogen (secondary N) is 1. The highest BCUT2D eigenvalue weighted by molar-refractivity contribution is 5.33. The largest absolute Gasteiger partial charge is 0.480 e. The van der Waals surface area contributed by atoms with Crippen LogP contribution in [0.25, 0.3) is 0 Å². The zero-order valence-corrected chi connectivity index (χ0v) is 9.45. The maximum atomic E-state index is 5.63. The third-order valence-corrected chi connectivity index (χ3v) is 2.12. The van der Waals surface area contributed by atoms with E-state index in [9.17, 15) is 0 Å². The van der Waals surface area contributed by atoms with Crippen LogP contribution in [0.1, 0.15) is 13.8 Å². The first kappa shape index (κ1) is 11.7. The lowest BCUT2D eigenvalue weighted by Crippen LogP contribution is -2.31. The fraction of sp³-hybridized carbons (Fsp3) is 0.600. The van der Waals surface area contributed by atoms with Crippen LogP contribution in [0.2, 0.25) is 0 Å². The summed E-state index contributed by atoms with van der Waals surface area (Å²) in [5.74, 6) is 1.21. The molecule has 5 heteroatoms. The van der Waals surface area contributed by atoms with Crippen LogP contribution in [0.5, 0.6) is 5.88 Å². The summed E-state index contributed by atoms with van der Waals surface area (Å²) in [6.45, 7) is 5.56. The van der Waals surface area contributed by atoms with E-state index in [-0.39, 0.29) is 5.41 Å². The van der Waals surface area contributed by atoms with Gasteiger partial charge in [-0.2, -0.15) is 4.98 Å². The molecule has 0 amide bonds. The van der Waals surface area contributed by atoms with Gasteiger partial charge in [-0.05, 0) is 12.0 Å². The summed E-state index contributed by atoms with van der Waals surface area (Å²) in [6, 6.07) is 0. The van der Waals surface area contributed by atoms with Gasteiger partial charge in [0.15, 0.2) is 0 Å². The summed E-state index contributed by atoms with van der Waals surface area (Å²) in [5.41, 5.74) is 5.67. The van der Waals surface area contributed by atoms with Gasteiger partial charge in [0.25, 0.3) is 0 Å². The predicted octanol–water partition coefficient (Wildman–Crippen LogP) is 0.882. The molecule has 1 heterocycles. The summed E-state index contributed by atoms with van der Waals surface area (Å²) < 4.78 is 4.97. The SMILES string of the molecule is COc1cncc(NCC(C)(C)CN)n1. The van der Waals surface area contributed by atoms with Crippen molar-refractivity contribution in [1.82, 2.24) is 9.97 Å². The summed E-state index contributed by atoms with van der Waals surface area (Å²) in [7, 11) is 1.57. The molecule has 1 rings (SSSR count). The number of hydrogen-bond acceptors (Lipinski definition) is 5. The van der Waals surface area contributed by atoms with Crippen molar-refractivity contribution in [2.24, 2.45) is 11.1 Å². The monoisotopic (exact) mass is 210 g/mol. The Labute approximate surface area is 90.1 Å². The van der Waals surface area contributed by atoms with Crippen LogP contribution in [-0.4, -0.2) is 30.2 Å². The summed E-state index contributed by atoms with van der Waals surface area (Å²) in [5, 5.41) is 3.18. The summed E-state index contributed by atoms with van der Waals surface area (Å²) >= 11 is 0. The first-order valence-electron chi connectivity index (χ1n) is 4.87. The Morgan fingerprint density at radius 3 is 2.80 bits per heavy atom. The van der Waals surface area contributed by atoms with Crippen LogP contribution in [0.3, 0.4) is 0 Å². The lowest BCUT2D eigenvalue weighted by atomic mass is 9.94. The van der Waals surface area contributed by atoms with Crippen molar-refractivity contribution in [3.8, 4) is 5.88 Å². The Bertz CT molecular complexity index is 314. The maximum absolute atomic E-state index is 5.63. The zero-order valence-electron chi connectivity index (χ0n) is 9.45. The Balaban J connectivity index is 2.57. The lowest BCUT2D eigenvalue weighted by Gasteiger charge is -2.22. The standard InChI is InChI=1S/C10H18N4O/c1-10(2,6-11)7-13-8-4-12-5-9(14-8)15-3/h4-5H,6-7,11H2,1-3H3,(H,13,14). The molecule has 5 nitrogen and oxygen atoms in total. The molecule has 84 valence electrons. The number of rotatable bonds is 5. The molecule has 0 radical (unpaired) electrons. The van der Waals surface area contributed by atoms with Crippen LogP contribution in [0.15, 0.2) is 12.4 Å². The highest BCUT2D eigenvalue weighted by Crippen LogP contribution is 2.14. The zero-order chi connectivity index (χ0) is 11.3. The van der Waals surface area contributed by atoms with E-state index in [2.05, 4.69) is 29.1 Å². The third-order valence-electron chi connectivity index (χ3n) is 2.12. The van der Waals surface area contributed by atoms with Crippen molar-refractivity contribution >= 4 is 5.82 Å². The first-order chi connectivity index (χ1) is 7.07. The molecular weight excluding hydrogens is 192 g/mol. The molecule has 0 bridgehead atoms. The molecule has 0 aliphatic carbocycles. The number of anilines is 1. The van der Waals surface area contributed by atoms with Gasteiger partial charge in [0, 0.05) is 6.54 Å². The van der Waals surface area contributed by atoms with E-state index in [0.717, 1.165) is 6.54 Å². The van der Waals surface area contributed by atoms with E-state index in [0.29, 0.717) is 18.2 Å². The van der Waals surface area contributed by atoms with Gasteiger partial charge in [0.05, 0.1) is 19.5 Å². The van der Waals surface area contributed by atoms with Crippen molar-refractivity contribution in [3.05, 3.63) is 12.4 Å². The van der Waals surface area contributed by atoms with Crippen LogP contribution < -0.4 is 15.8 Å². The quantitative estimate of drug-likeness (QED) is 0.754. The molecule has 0 fully saturated rings. The topological polar surface area (TPSA) is 73.1 Å². The second-order valence-corrected chi connectivity index (χ2v) is 4.17. The Morgan fingerprint density at radius 1 is 1.47 bits per heavy atom. The van der Waals surface area contributed by atoms with Gasteiger partial charge < -0.3 is 15.8 Å². The number of methoxy groups -OCH3 is 1. The van der Waals surface area contributed by atoms with Crippen LogP contribution in [0.4, 0.5) is 5.82 Å². The van der Waals surface area contributed by atoms with Crippen LogP contribution in [0, 0.1) is 5.41 Å². The van der Waals surface area contributed by atoms with Gasteiger partial charge in [0.1, 0.15) is 5.82 Å². The second-order valence-electron chi connectivity index (χ2n) is 4.17. The number of nitrogens with zero attached hydrogens (tertiary/aromatic N) is 2. The Morgan fingerprint density at radius 2 is 2.20 bits per heavy atom. The Hall–Kier alpha value is -1.36. The van der Waals surface area contributed by atoms with Gasteiger partial charge in [-0.3, -0.25) is 4.98 Å². The molecule has 1 aromatic rings. The minimum Gasteiger partial charge on any atom is -0.480 e. The highest BCUT2D eigenvalue weighted by Gasteiger charge is 2.15. The first-order valence-corrected chi connectivity index (χ1v) is 4.87. The molecule has 0 aliphatic heterocycles. The minimum atomic E-state index is 0.0464. The van der Waals surface area contributed by atoms with Crippen molar-refractivity contribution in [1.29, 1.82) is 0 Å². The fourth-order valence-corrected chi connectivity index (χ4v) is 0.934. The molecule has 0 saturated carbocycles. The van der Waals surface area contributed by atoms with E-state index in [1.54, 1.807) is 19.5 Å². The predicted molar refractivity (Wildman–Crippen MR) is 59.9 cm³/mol. The molecule has 3 N–H and O–H groups in total. The van der Waals surface area contributed by atoms with Gasteiger partial charge in [-0.25, -0.2) is 0 Å². The van der Waals surface area contributed by atoms with Crippen LogP contribution in [-0.2, 0) is 0 Å². The molecule has 0 saturated heterocycles. The van der Waals surface area contributed by atoms with Crippen molar-refractivity contribution in [3.63, 3.8) is 0 Å². The summed E-state index contributed by atoms with van der Waals surface area (Å²) in [6.07, 6.45) is 3.23. The smallest absolute Gasteiger partial charge is 0.233 e. The van der Waals surface area contributed by atoms with Crippen molar-refractivity contribution in [2.45, 2.75) is 13.8 Å². The molecule has 15 heavy (non-hydrogen) atoms. The van der Waals surface area contributed by atoms with Crippen LogP contribution >= 0.6 is 0 Å². The van der Waals surface area contributed by atoms with Gasteiger partial charge in [-0.1, -0.05) is 13.8 Å². The molecule has 0 aliphatic rings. The molecule has 0 spiro atoms. The highest BCUT2D eigenvalue weighted by atomic mass is 16.5. The Kier molecular flexibility index (Phi) is 3.85. The van der Waals surface area contributed by atoms with Gasteiger partial charge in [0.2, 0.25) is 5.88 Å². The lowest BCUT2D eigenvalue weighted by molar-refractivity contribution is 0.393. The molecule has 0 unspecified atom stereocenters. The number of aromatic nitrogens is 2. The number of ether oxygens (including phenoxy) is 1. The normalized spacial score (nSPS) is 11.2. The van der Waals surface area contributed by atoms with E-state index in [1.807, 2.05) is 0 Å². The van der Waals surface area contributed by atoms with E-state index in [4.69, 9.17) is 10.5 Å². The maximum Gasteiger partial charge on any atom is 0.233 e. The van der Waals surface area contributed by atoms with Crippen molar-refractivity contribution in [2.75, 3.05) is 25.5 Å². The molecule has 1 aromatic heterocycles. The number of nitrogens with two attached hydrogens (primary N) is 1. The third kappa shape index (κ3) is 3.71. The van der Waals surface area contributed by atoms with E-state index >= 15 is 0 Å². The number of hydrogen-bond donors (Lipinski definition) is 2. The minimum absolute atomic E-state index is 0.0464. The molecule has 0 atom stereocenters. The van der Waals surface area contributed by atoms with Gasteiger partial charge >= 0.3 is 0 Å². The molecule has 0 aromatic carbocycles. The van der Waals surface area contributed by atoms with E-state index in [1.165, 1.54) is 0 Å². The van der Waals surface area contributed by atoms with Crippen molar-refractivity contribution < 1.29 is 4.74 Å². The average molecular weight is 210 g/mol. The fourth-order valence-electron chi connectivity index (χ4n) is 0.934. The second kappa shape index (κ2) is 4.93. The molecular formula is C10H18N4O. The van der Waals surface area contributed by atoms with Gasteiger partial charge in [-0.15, -0.1) is 0 Å². The summed E-state index contributed by atoms with van der Waals surface area (Å²) in [4.78, 5) is 8.19.